The van der Waals surface area contributed by atoms with Crippen molar-refractivity contribution in [1.29, 1.82) is 0 Å². The second-order valence-corrected chi connectivity index (χ2v) is 7.09. The van der Waals surface area contributed by atoms with Crippen molar-refractivity contribution in [1.82, 2.24) is 0 Å². The molecule has 0 aliphatic carbocycles. The highest BCUT2D eigenvalue weighted by Crippen LogP contribution is 2.30. The van der Waals surface area contributed by atoms with Gasteiger partial charge in [0.15, 0.2) is 0 Å². The standard InChI is InChI=1S/C24H26O3/c1-2-3-4-5-6-7-21-15-20(12-13-23(21)25)17-8-9-19-16-22(24(26)27)11-10-18(19)14-17/h8-16,25H,2-7H2,1H3,(H,26,27). The Hall–Kier alpha value is -2.81. The fourth-order valence-corrected chi connectivity index (χ4v) is 3.44. The summed E-state index contributed by atoms with van der Waals surface area (Å²) in [6, 6.07) is 17.0. The number of hydrogen-bond donors (Lipinski definition) is 2. The summed E-state index contributed by atoms with van der Waals surface area (Å²) in [5.41, 5.74) is 3.42. The van der Waals surface area contributed by atoms with Gasteiger partial charge in [-0.05, 0) is 70.6 Å². The second-order valence-electron chi connectivity index (χ2n) is 7.09. The molecule has 0 aliphatic heterocycles. The van der Waals surface area contributed by atoms with Gasteiger partial charge in [0, 0.05) is 0 Å². The van der Waals surface area contributed by atoms with Crippen LogP contribution >= 0.6 is 0 Å². The van der Waals surface area contributed by atoms with Crippen LogP contribution in [-0.4, -0.2) is 16.2 Å². The van der Waals surface area contributed by atoms with Crippen LogP contribution in [0.4, 0.5) is 0 Å². The smallest absolute Gasteiger partial charge is 0.335 e. The molecular formula is C24H26O3. The molecule has 0 fully saturated rings. The molecule has 0 spiro atoms. The molecule has 2 N–H and O–H groups in total. The first-order valence-electron chi connectivity index (χ1n) is 9.68. The van der Waals surface area contributed by atoms with E-state index in [1.807, 2.05) is 24.3 Å². The zero-order valence-electron chi connectivity index (χ0n) is 15.7. The third-order valence-corrected chi connectivity index (χ3v) is 5.05. The molecule has 0 saturated heterocycles. The second kappa shape index (κ2) is 8.72. The van der Waals surface area contributed by atoms with E-state index in [4.69, 9.17) is 5.11 Å². The normalized spacial score (nSPS) is 11.0. The van der Waals surface area contributed by atoms with Gasteiger partial charge in [-0.15, -0.1) is 0 Å². The minimum absolute atomic E-state index is 0.297. The summed E-state index contributed by atoms with van der Waals surface area (Å²) in [6.07, 6.45) is 6.92. The number of aromatic hydroxyl groups is 1. The quantitative estimate of drug-likeness (QED) is 0.454. The highest BCUT2D eigenvalue weighted by Gasteiger charge is 2.08. The molecule has 0 amide bonds. The van der Waals surface area contributed by atoms with Crippen LogP contribution in [0.5, 0.6) is 5.75 Å². The number of aromatic carboxylic acids is 1. The number of aryl methyl sites for hydroxylation is 1. The minimum atomic E-state index is -0.914. The number of carboxylic acid groups (broad SMARTS) is 1. The molecule has 0 atom stereocenters. The van der Waals surface area contributed by atoms with Crippen molar-refractivity contribution in [3.8, 4) is 16.9 Å². The number of phenols is 1. The van der Waals surface area contributed by atoms with Crippen LogP contribution < -0.4 is 0 Å². The lowest BCUT2D eigenvalue weighted by Crippen LogP contribution is -1.95. The maximum atomic E-state index is 11.1. The van der Waals surface area contributed by atoms with Crippen molar-refractivity contribution < 1.29 is 15.0 Å². The lowest BCUT2D eigenvalue weighted by atomic mass is 9.96. The molecule has 0 bridgehead atoms. The molecule has 0 radical (unpaired) electrons. The number of fused-ring (bicyclic) bond motifs is 1. The van der Waals surface area contributed by atoms with Crippen LogP contribution in [0.2, 0.25) is 0 Å². The van der Waals surface area contributed by atoms with Gasteiger partial charge in [0.05, 0.1) is 5.56 Å². The summed E-state index contributed by atoms with van der Waals surface area (Å²) in [6.45, 7) is 2.21. The predicted octanol–water partition coefficient (Wildman–Crippen LogP) is 6.42. The molecule has 3 rings (SSSR count). The summed E-state index contributed by atoms with van der Waals surface area (Å²) in [4.78, 5) is 11.1. The third kappa shape index (κ3) is 4.68. The van der Waals surface area contributed by atoms with Crippen LogP contribution in [0, 0.1) is 0 Å². The molecule has 0 saturated carbocycles. The number of hydrogen-bond acceptors (Lipinski definition) is 2. The molecule has 3 aromatic carbocycles. The maximum Gasteiger partial charge on any atom is 0.335 e. The van der Waals surface area contributed by atoms with Crippen LogP contribution in [-0.2, 0) is 6.42 Å². The first-order valence-corrected chi connectivity index (χ1v) is 9.68. The summed E-state index contributed by atoms with van der Waals surface area (Å²) in [5, 5.41) is 21.2. The summed E-state index contributed by atoms with van der Waals surface area (Å²) in [5.74, 6) is -0.552. The van der Waals surface area contributed by atoms with Crippen molar-refractivity contribution in [2.45, 2.75) is 45.4 Å². The Kier molecular flexibility index (Phi) is 6.12. The highest BCUT2D eigenvalue weighted by molar-refractivity contribution is 5.95. The van der Waals surface area contributed by atoms with Gasteiger partial charge >= 0.3 is 5.97 Å². The van der Waals surface area contributed by atoms with E-state index in [9.17, 15) is 9.90 Å². The Balaban J connectivity index is 1.82. The molecule has 27 heavy (non-hydrogen) atoms. The van der Waals surface area contributed by atoms with Crippen LogP contribution in [0.15, 0.2) is 54.6 Å². The van der Waals surface area contributed by atoms with Crippen LogP contribution in [0.1, 0.15) is 54.9 Å². The van der Waals surface area contributed by atoms with Crippen molar-refractivity contribution in [3.63, 3.8) is 0 Å². The van der Waals surface area contributed by atoms with Gasteiger partial charge in [-0.25, -0.2) is 4.79 Å². The first-order chi connectivity index (χ1) is 13.1. The minimum Gasteiger partial charge on any atom is -0.508 e. The summed E-state index contributed by atoms with van der Waals surface area (Å²) < 4.78 is 0. The third-order valence-electron chi connectivity index (χ3n) is 5.05. The largest absolute Gasteiger partial charge is 0.508 e. The van der Waals surface area contributed by atoms with E-state index < -0.39 is 5.97 Å². The zero-order valence-corrected chi connectivity index (χ0v) is 15.7. The van der Waals surface area contributed by atoms with E-state index in [-0.39, 0.29) is 0 Å². The van der Waals surface area contributed by atoms with Gasteiger partial charge in [-0.2, -0.15) is 0 Å². The fraction of sp³-hybridized carbons (Fsp3) is 0.292. The Morgan fingerprint density at radius 1 is 0.815 bits per heavy atom. The number of phenolic OH excluding ortho intramolecular Hbond substituents is 1. The SMILES string of the molecule is CCCCCCCc1cc(-c2ccc3cc(C(=O)O)ccc3c2)ccc1O. The molecule has 0 unspecified atom stereocenters. The molecule has 140 valence electrons. The maximum absolute atomic E-state index is 11.1. The Morgan fingerprint density at radius 2 is 1.48 bits per heavy atom. The van der Waals surface area contributed by atoms with Gasteiger partial charge in [0.25, 0.3) is 0 Å². The lowest BCUT2D eigenvalue weighted by Gasteiger charge is -2.10. The van der Waals surface area contributed by atoms with Gasteiger partial charge < -0.3 is 10.2 Å². The number of rotatable bonds is 8. The van der Waals surface area contributed by atoms with Crippen LogP contribution in [0.25, 0.3) is 21.9 Å². The van der Waals surface area contributed by atoms with E-state index in [1.54, 1.807) is 18.2 Å². The average Bonchev–Trinajstić information content (AvgIpc) is 2.68. The van der Waals surface area contributed by atoms with E-state index in [1.165, 1.54) is 25.7 Å². The van der Waals surface area contributed by atoms with Crippen molar-refractivity contribution >= 4 is 16.7 Å². The monoisotopic (exact) mass is 362 g/mol. The topological polar surface area (TPSA) is 57.5 Å². The molecule has 3 heteroatoms. The van der Waals surface area contributed by atoms with Crippen molar-refractivity contribution in [2.24, 2.45) is 0 Å². The highest BCUT2D eigenvalue weighted by atomic mass is 16.4. The number of benzene rings is 3. The number of carbonyl (C=O) groups is 1. The number of carboxylic acids is 1. The zero-order chi connectivity index (χ0) is 19.2. The van der Waals surface area contributed by atoms with Gasteiger partial charge in [-0.1, -0.05) is 56.9 Å². The Morgan fingerprint density at radius 3 is 2.26 bits per heavy atom. The van der Waals surface area contributed by atoms with Crippen LogP contribution in [0.3, 0.4) is 0 Å². The van der Waals surface area contributed by atoms with Crippen molar-refractivity contribution in [2.75, 3.05) is 0 Å². The molecule has 0 aliphatic rings. The van der Waals surface area contributed by atoms with E-state index in [2.05, 4.69) is 19.1 Å². The Bertz CT molecular complexity index is 944. The summed E-state index contributed by atoms with van der Waals surface area (Å²) >= 11 is 0. The van der Waals surface area contributed by atoms with Gasteiger partial charge in [-0.3, -0.25) is 0 Å². The molecular weight excluding hydrogens is 336 g/mol. The van der Waals surface area contributed by atoms with Gasteiger partial charge in [0.1, 0.15) is 5.75 Å². The molecule has 0 heterocycles. The molecule has 0 aromatic heterocycles. The fourth-order valence-electron chi connectivity index (χ4n) is 3.44. The van der Waals surface area contributed by atoms with E-state index in [0.717, 1.165) is 40.3 Å². The predicted molar refractivity (Wildman–Crippen MR) is 110 cm³/mol. The first kappa shape index (κ1) is 19.0. The van der Waals surface area contributed by atoms with Gasteiger partial charge in [0.2, 0.25) is 0 Å². The van der Waals surface area contributed by atoms with E-state index >= 15 is 0 Å². The average molecular weight is 362 g/mol. The Labute approximate surface area is 160 Å². The molecule has 3 aromatic rings. The number of unbranched alkanes of at least 4 members (excludes halogenated alkanes) is 4. The van der Waals surface area contributed by atoms with Crippen molar-refractivity contribution in [3.05, 3.63) is 65.7 Å². The lowest BCUT2D eigenvalue weighted by molar-refractivity contribution is 0.0697. The molecule has 3 nitrogen and oxygen atoms in total. The van der Waals surface area contributed by atoms with E-state index in [0.29, 0.717) is 11.3 Å². The summed E-state index contributed by atoms with van der Waals surface area (Å²) in [7, 11) is 0.